The molecule has 9 nitrogen and oxygen atoms in total. The fourth-order valence-corrected chi connectivity index (χ4v) is 3.34. The van der Waals surface area contributed by atoms with Crippen LogP contribution in [0.25, 0.3) is 11.0 Å². The van der Waals surface area contributed by atoms with Gasteiger partial charge in [-0.2, -0.15) is 0 Å². The Morgan fingerprint density at radius 3 is 2.76 bits per heavy atom. The number of aromatic nitrogens is 3. The van der Waals surface area contributed by atoms with E-state index in [1.165, 1.54) is 12.3 Å². The number of primary amides is 1. The third kappa shape index (κ3) is 3.89. The predicted octanol–water partition coefficient (Wildman–Crippen LogP) is 2.23. The Morgan fingerprint density at radius 1 is 1.31 bits per heavy atom. The molecule has 3 N–H and O–H groups in total. The molecule has 9 heteroatoms. The average Bonchev–Trinajstić information content (AvgIpc) is 3.28. The molecule has 1 unspecified atom stereocenters. The molecule has 29 heavy (non-hydrogen) atoms. The lowest BCUT2D eigenvalue weighted by Gasteiger charge is -2.11. The van der Waals surface area contributed by atoms with E-state index in [9.17, 15) is 14.4 Å². The normalized spacial score (nSPS) is 14.7. The molecule has 0 bridgehead atoms. The summed E-state index contributed by atoms with van der Waals surface area (Å²) < 4.78 is 6.59. The maximum absolute atomic E-state index is 12.4. The maximum atomic E-state index is 12.4. The van der Waals surface area contributed by atoms with Gasteiger partial charge in [0.1, 0.15) is 5.78 Å². The number of hydrogen-bond donors (Lipinski definition) is 2. The van der Waals surface area contributed by atoms with Gasteiger partial charge in [-0.15, -0.1) is 0 Å². The molecule has 1 aromatic carbocycles. The highest BCUT2D eigenvalue weighted by Crippen LogP contribution is 2.36. The van der Waals surface area contributed by atoms with Crippen molar-refractivity contribution < 1.29 is 18.9 Å². The van der Waals surface area contributed by atoms with Crippen molar-refractivity contribution >= 4 is 34.6 Å². The SMILES string of the molecule is CC(C(=O)C1CC1)c1ccc2c(c1)nc(NC(=O)c1ccno1)n2CCC(N)=O. The highest BCUT2D eigenvalue weighted by Gasteiger charge is 2.33. The highest BCUT2D eigenvalue weighted by atomic mass is 16.5. The number of anilines is 1. The van der Waals surface area contributed by atoms with Gasteiger partial charge in [-0.25, -0.2) is 4.98 Å². The summed E-state index contributed by atoms with van der Waals surface area (Å²) in [6.07, 6.45) is 3.39. The maximum Gasteiger partial charge on any atom is 0.296 e. The lowest BCUT2D eigenvalue weighted by molar-refractivity contribution is -0.121. The van der Waals surface area contributed by atoms with E-state index < -0.39 is 11.8 Å². The van der Waals surface area contributed by atoms with Crippen molar-refractivity contribution in [2.45, 2.75) is 38.6 Å². The van der Waals surface area contributed by atoms with Crippen LogP contribution >= 0.6 is 0 Å². The van der Waals surface area contributed by atoms with Gasteiger partial charge in [-0.3, -0.25) is 19.7 Å². The molecule has 1 fully saturated rings. The minimum atomic E-state index is -0.504. The molecule has 1 aliphatic rings. The number of carbonyl (C=O) groups is 3. The zero-order chi connectivity index (χ0) is 20.5. The van der Waals surface area contributed by atoms with E-state index in [0.29, 0.717) is 5.52 Å². The molecule has 0 saturated heterocycles. The summed E-state index contributed by atoms with van der Waals surface area (Å²) >= 11 is 0. The van der Waals surface area contributed by atoms with Gasteiger partial charge in [0.05, 0.1) is 17.2 Å². The number of nitrogens with two attached hydrogens (primary N) is 1. The summed E-state index contributed by atoms with van der Waals surface area (Å²) in [5.41, 5.74) is 7.52. The van der Waals surface area contributed by atoms with Gasteiger partial charge >= 0.3 is 0 Å². The highest BCUT2D eigenvalue weighted by molar-refractivity contribution is 6.02. The number of Topliss-reactive ketones (excluding diaryl/α,β-unsaturated/α-hetero) is 1. The molecule has 2 amide bonds. The number of nitrogens with one attached hydrogen (secondary N) is 1. The quantitative estimate of drug-likeness (QED) is 0.601. The van der Waals surface area contributed by atoms with E-state index in [-0.39, 0.29) is 42.3 Å². The molecule has 0 spiro atoms. The molecule has 1 saturated carbocycles. The van der Waals surface area contributed by atoms with E-state index in [4.69, 9.17) is 10.3 Å². The molecule has 150 valence electrons. The van der Waals surface area contributed by atoms with Crippen LogP contribution in [0.1, 0.15) is 48.2 Å². The molecule has 2 heterocycles. The minimum absolute atomic E-state index is 0.0443. The van der Waals surface area contributed by atoms with Crippen LogP contribution in [0.2, 0.25) is 0 Å². The van der Waals surface area contributed by atoms with Crippen LogP contribution in [0.3, 0.4) is 0 Å². The lowest BCUT2D eigenvalue weighted by atomic mass is 9.94. The molecular weight excluding hydrogens is 374 g/mol. The number of rotatable bonds is 8. The standard InChI is InChI=1S/C20H21N5O4/c1-11(18(27)12-2-3-12)13-4-5-15-14(10-13)23-20(25(15)9-7-17(21)26)24-19(28)16-6-8-22-29-16/h4-6,8,10-12H,2-3,7,9H2,1H3,(H2,21,26)(H,23,24,28). The fourth-order valence-electron chi connectivity index (χ4n) is 3.34. The molecule has 1 atom stereocenters. The Labute approximate surface area is 166 Å². The molecule has 3 aromatic rings. The van der Waals surface area contributed by atoms with Crippen LogP contribution in [-0.4, -0.2) is 32.3 Å². The van der Waals surface area contributed by atoms with E-state index in [1.807, 2.05) is 25.1 Å². The second-order valence-corrected chi connectivity index (χ2v) is 7.28. The van der Waals surface area contributed by atoms with Gasteiger partial charge in [0.15, 0.2) is 0 Å². The van der Waals surface area contributed by atoms with Gasteiger partial charge in [0.25, 0.3) is 5.91 Å². The van der Waals surface area contributed by atoms with E-state index in [0.717, 1.165) is 23.9 Å². The number of ketones is 1. The Hall–Kier alpha value is -3.49. The Kier molecular flexibility index (Phi) is 4.87. The molecule has 0 aliphatic heterocycles. The van der Waals surface area contributed by atoms with Crippen LogP contribution < -0.4 is 11.1 Å². The number of fused-ring (bicyclic) bond motifs is 1. The summed E-state index contributed by atoms with van der Waals surface area (Å²) in [7, 11) is 0. The van der Waals surface area contributed by atoms with Crippen molar-refractivity contribution in [1.82, 2.24) is 14.7 Å². The van der Waals surface area contributed by atoms with Crippen LogP contribution in [0.5, 0.6) is 0 Å². The van der Waals surface area contributed by atoms with Gasteiger partial charge in [-0.1, -0.05) is 18.1 Å². The zero-order valence-corrected chi connectivity index (χ0v) is 15.9. The predicted molar refractivity (Wildman–Crippen MR) is 104 cm³/mol. The van der Waals surface area contributed by atoms with E-state index in [2.05, 4.69) is 15.5 Å². The van der Waals surface area contributed by atoms with Crippen molar-refractivity contribution in [2.24, 2.45) is 11.7 Å². The first kappa shape index (κ1) is 18.9. The number of amides is 2. The minimum Gasteiger partial charge on any atom is -0.370 e. The van der Waals surface area contributed by atoms with Crippen molar-refractivity contribution in [3.63, 3.8) is 0 Å². The molecule has 0 radical (unpaired) electrons. The third-order valence-electron chi connectivity index (χ3n) is 5.15. The van der Waals surface area contributed by atoms with Crippen LogP contribution in [-0.2, 0) is 16.1 Å². The third-order valence-corrected chi connectivity index (χ3v) is 5.15. The van der Waals surface area contributed by atoms with Crippen molar-refractivity contribution in [1.29, 1.82) is 0 Å². The van der Waals surface area contributed by atoms with Gasteiger partial charge < -0.3 is 14.8 Å². The molecule has 2 aromatic heterocycles. The second kappa shape index (κ2) is 7.50. The number of benzene rings is 1. The number of hydrogen-bond acceptors (Lipinski definition) is 6. The fraction of sp³-hybridized carbons (Fsp3) is 0.350. The first-order chi connectivity index (χ1) is 13.9. The molecule has 1 aliphatic carbocycles. The van der Waals surface area contributed by atoms with Crippen LogP contribution in [0.4, 0.5) is 5.95 Å². The number of carbonyl (C=O) groups excluding carboxylic acids is 3. The first-order valence-electron chi connectivity index (χ1n) is 9.48. The van der Waals surface area contributed by atoms with Gasteiger partial charge in [0.2, 0.25) is 17.6 Å². The second-order valence-electron chi connectivity index (χ2n) is 7.28. The van der Waals surface area contributed by atoms with Crippen molar-refractivity contribution in [3.05, 3.63) is 41.8 Å². The lowest BCUT2D eigenvalue weighted by Crippen LogP contribution is -2.18. The average molecular weight is 395 g/mol. The first-order valence-corrected chi connectivity index (χ1v) is 9.48. The summed E-state index contributed by atoms with van der Waals surface area (Å²) in [6, 6.07) is 7.03. The largest absolute Gasteiger partial charge is 0.370 e. The Morgan fingerprint density at radius 2 is 2.10 bits per heavy atom. The summed E-state index contributed by atoms with van der Waals surface area (Å²) in [5, 5.41) is 6.21. The summed E-state index contributed by atoms with van der Waals surface area (Å²) in [6.45, 7) is 2.16. The Balaban J connectivity index is 1.68. The summed E-state index contributed by atoms with van der Waals surface area (Å²) in [4.78, 5) is 40.6. The smallest absolute Gasteiger partial charge is 0.296 e. The van der Waals surface area contributed by atoms with Crippen LogP contribution in [0.15, 0.2) is 35.0 Å². The monoisotopic (exact) mass is 395 g/mol. The van der Waals surface area contributed by atoms with Gasteiger partial charge in [-0.05, 0) is 30.5 Å². The van der Waals surface area contributed by atoms with Crippen molar-refractivity contribution in [3.8, 4) is 0 Å². The zero-order valence-electron chi connectivity index (χ0n) is 15.9. The summed E-state index contributed by atoms with van der Waals surface area (Å²) in [5.74, 6) is -0.448. The number of aryl methyl sites for hydroxylation is 1. The van der Waals surface area contributed by atoms with Crippen molar-refractivity contribution in [2.75, 3.05) is 5.32 Å². The Bertz CT molecular complexity index is 1080. The van der Waals surface area contributed by atoms with E-state index >= 15 is 0 Å². The van der Waals surface area contributed by atoms with E-state index in [1.54, 1.807) is 4.57 Å². The molecular formula is C20H21N5O4. The topological polar surface area (TPSA) is 133 Å². The van der Waals surface area contributed by atoms with Crippen LogP contribution in [0, 0.1) is 5.92 Å². The molecule has 4 rings (SSSR count). The number of imidazole rings is 1. The van der Waals surface area contributed by atoms with Gasteiger partial charge in [0, 0.05) is 30.9 Å². The number of nitrogens with zero attached hydrogens (tertiary/aromatic N) is 3.